The van der Waals surface area contributed by atoms with Crippen molar-refractivity contribution in [3.8, 4) is 0 Å². The van der Waals surface area contributed by atoms with Crippen molar-refractivity contribution >= 4 is 0 Å². The minimum atomic E-state index is 0. The molecule has 0 heterocycles. The van der Waals surface area contributed by atoms with Gasteiger partial charge in [0.2, 0.25) is 0 Å². The summed E-state index contributed by atoms with van der Waals surface area (Å²) < 4.78 is 0. The summed E-state index contributed by atoms with van der Waals surface area (Å²) in [7, 11) is 0. The van der Waals surface area contributed by atoms with Crippen molar-refractivity contribution in [3.05, 3.63) is 85.6 Å². The van der Waals surface area contributed by atoms with E-state index < -0.39 is 0 Å². The first-order chi connectivity index (χ1) is 6.79. The summed E-state index contributed by atoms with van der Waals surface area (Å²) in [5.74, 6) is 0. The average molecular weight is 270 g/mol. The molecule has 0 aliphatic carbocycles. The topological polar surface area (TPSA) is 0 Å². The van der Waals surface area contributed by atoms with Gasteiger partial charge in [-0.25, -0.2) is 0 Å². The Hall–Kier alpha value is -0.998. The fraction of sp³-hybridized carbons (Fsp3) is 0. The molecule has 83 valence electrons. The van der Waals surface area contributed by atoms with E-state index >= 15 is 0 Å². The van der Waals surface area contributed by atoms with Crippen molar-refractivity contribution in [2.75, 3.05) is 0 Å². The zero-order valence-electron chi connectivity index (χ0n) is 8.97. The van der Waals surface area contributed by atoms with Crippen LogP contribution in [0.3, 0.4) is 0 Å². The largest absolute Gasteiger partial charge is 3.00 e. The molecule has 16 heavy (non-hydrogen) atoms. The molecule has 0 aliphatic rings. The number of hydrogen-bond donors (Lipinski definition) is 0. The smallest absolute Gasteiger partial charge is 1.00 e. The van der Waals surface area contributed by atoms with Crippen molar-refractivity contribution in [2.24, 2.45) is 0 Å². The predicted molar refractivity (Wildman–Crippen MR) is 61.8 cm³/mol. The van der Waals surface area contributed by atoms with Crippen molar-refractivity contribution in [1.82, 2.24) is 0 Å². The van der Waals surface area contributed by atoms with Crippen LogP contribution < -0.4 is 12.4 Å². The summed E-state index contributed by atoms with van der Waals surface area (Å²) in [4.78, 5) is 0. The zero-order chi connectivity index (χ0) is 10.2. The summed E-state index contributed by atoms with van der Waals surface area (Å²) in [5.41, 5.74) is 2.14. The fourth-order valence-corrected chi connectivity index (χ4v) is 0.956. The monoisotopic (exact) mass is 269 g/mol. The van der Waals surface area contributed by atoms with Gasteiger partial charge in [-0.05, 0) is 0 Å². The quantitative estimate of drug-likeness (QED) is 0.619. The molecule has 2 rings (SSSR count). The number of benzene rings is 2. The Morgan fingerprint density at radius 1 is 0.562 bits per heavy atom. The summed E-state index contributed by atoms with van der Waals surface area (Å²) in [6.45, 7) is 7.44. The molecular formula is C14H14ClCr. The van der Waals surface area contributed by atoms with Gasteiger partial charge in [0, 0.05) is 0 Å². The third-order valence-electron chi connectivity index (χ3n) is 1.69. The van der Waals surface area contributed by atoms with Gasteiger partial charge in [-0.15, -0.1) is 24.3 Å². The summed E-state index contributed by atoms with van der Waals surface area (Å²) >= 11 is 0. The van der Waals surface area contributed by atoms with E-state index in [1.165, 1.54) is 0 Å². The molecule has 1 radical (unpaired) electrons. The van der Waals surface area contributed by atoms with E-state index in [1.54, 1.807) is 0 Å². The third kappa shape index (κ3) is 8.32. The van der Waals surface area contributed by atoms with Crippen LogP contribution in [0.2, 0.25) is 0 Å². The van der Waals surface area contributed by atoms with Crippen LogP contribution in [0.5, 0.6) is 0 Å². The van der Waals surface area contributed by atoms with Crippen LogP contribution in [0, 0.1) is 13.8 Å². The van der Waals surface area contributed by atoms with E-state index in [-0.39, 0.29) is 29.8 Å². The molecule has 0 saturated carbocycles. The van der Waals surface area contributed by atoms with Crippen LogP contribution in [0.1, 0.15) is 11.1 Å². The molecule has 2 aromatic rings. The molecule has 2 heteroatoms. The van der Waals surface area contributed by atoms with Gasteiger partial charge in [0.25, 0.3) is 0 Å². The Kier molecular flexibility index (Phi) is 11.4. The van der Waals surface area contributed by atoms with Crippen LogP contribution in [0.4, 0.5) is 0 Å². The Balaban J connectivity index is 0. The van der Waals surface area contributed by atoms with E-state index in [4.69, 9.17) is 0 Å². The zero-order valence-corrected chi connectivity index (χ0v) is 11.0. The van der Waals surface area contributed by atoms with E-state index in [2.05, 4.69) is 13.8 Å². The molecule has 2 aromatic carbocycles. The van der Waals surface area contributed by atoms with Gasteiger partial charge in [-0.1, -0.05) is 12.1 Å². The maximum atomic E-state index is 3.72. The molecule has 0 nitrogen and oxygen atoms in total. The first kappa shape index (κ1) is 17.4. The molecule has 0 bridgehead atoms. The Bertz CT molecular complexity index is 308. The van der Waals surface area contributed by atoms with Gasteiger partial charge in [-0.2, -0.15) is 49.2 Å². The normalized spacial score (nSPS) is 7.50. The fourth-order valence-electron chi connectivity index (χ4n) is 0.956. The van der Waals surface area contributed by atoms with Crippen molar-refractivity contribution < 1.29 is 29.8 Å². The average Bonchev–Trinajstić information content (AvgIpc) is 2.21. The Morgan fingerprint density at radius 2 is 0.812 bits per heavy atom. The van der Waals surface area contributed by atoms with Gasteiger partial charge in [0.1, 0.15) is 0 Å². The molecule has 0 spiro atoms. The minimum absolute atomic E-state index is 0. The predicted octanol–water partition coefficient (Wildman–Crippen LogP) is 0.739. The van der Waals surface area contributed by atoms with E-state index in [1.807, 2.05) is 60.7 Å². The van der Waals surface area contributed by atoms with Crippen LogP contribution in [-0.2, 0) is 17.4 Å². The third-order valence-corrected chi connectivity index (χ3v) is 1.69. The minimum Gasteiger partial charge on any atom is -1.00 e. The van der Waals surface area contributed by atoms with Crippen molar-refractivity contribution in [2.45, 2.75) is 0 Å². The number of hydrogen-bond acceptors (Lipinski definition) is 0. The summed E-state index contributed by atoms with van der Waals surface area (Å²) in [6, 6.07) is 19.7. The molecule has 0 N–H and O–H groups in total. The van der Waals surface area contributed by atoms with Gasteiger partial charge in [0.05, 0.1) is 0 Å². The summed E-state index contributed by atoms with van der Waals surface area (Å²) in [5, 5.41) is 0. The first-order valence-electron chi connectivity index (χ1n) is 4.53. The molecule has 0 amide bonds. The van der Waals surface area contributed by atoms with Gasteiger partial charge >= 0.3 is 17.4 Å². The molecule has 0 atom stereocenters. The van der Waals surface area contributed by atoms with Crippen LogP contribution in [0.25, 0.3) is 0 Å². The molecule has 0 saturated heterocycles. The molecular weight excluding hydrogens is 256 g/mol. The Morgan fingerprint density at radius 3 is 0.938 bits per heavy atom. The van der Waals surface area contributed by atoms with Gasteiger partial charge in [0.15, 0.2) is 0 Å². The first-order valence-corrected chi connectivity index (χ1v) is 4.53. The van der Waals surface area contributed by atoms with Gasteiger partial charge in [-0.3, -0.25) is 0 Å². The maximum Gasteiger partial charge on any atom is 3.00 e. The number of halogens is 1. The number of rotatable bonds is 0. The standard InChI is InChI=1S/2C7H7.ClH.Cr/c2*1-7-5-3-2-4-6-7;;/h2*2-6H,1H2;1H;/q2*-1;;+3/p-1. The van der Waals surface area contributed by atoms with Crippen LogP contribution >= 0.6 is 0 Å². The molecule has 0 aromatic heterocycles. The Labute approximate surface area is 115 Å². The van der Waals surface area contributed by atoms with Crippen molar-refractivity contribution in [1.29, 1.82) is 0 Å². The maximum absolute atomic E-state index is 3.72. The second-order valence-corrected chi connectivity index (χ2v) is 2.97. The molecule has 0 fully saturated rings. The van der Waals surface area contributed by atoms with E-state index in [9.17, 15) is 0 Å². The SMILES string of the molecule is [CH2-]c1ccccc1.[CH2-]c1ccccc1.[Cl-].[Cr+3]. The van der Waals surface area contributed by atoms with E-state index in [0.29, 0.717) is 0 Å². The molecule has 0 unspecified atom stereocenters. The second kappa shape index (κ2) is 10.5. The van der Waals surface area contributed by atoms with Crippen molar-refractivity contribution in [3.63, 3.8) is 0 Å². The van der Waals surface area contributed by atoms with Crippen LogP contribution in [0.15, 0.2) is 60.7 Å². The van der Waals surface area contributed by atoms with E-state index in [0.717, 1.165) is 11.1 Å². The second-order valence-electron chi connectivity index (χ2n) is 2.97. The van der Waals surface area contributed by atoms with Gasteiger partial charge < -0.3 is 12.4 Å². The molecule has 0 aliphatic heterocycles. The van der Waals surface area contributed by atoms with Crippen LogP contribution in [-0.4, -0.2) is 0 Å². The summed E-state index contributed by atoms with van der Waals surface area (Å²) in [6.07, 6.45) is 0.